The summed E-state index contributed by atoms with van der Waals surface area (Å²) in [7, 11) is 0. The molecule has 0 aromatic carbocycles. The molecule has 1 aliphatic carbocycles. The first-order valence-corrected chi connectivity index (χ1v) is 8.78. The fraction of sp³-hybridized carbons (Fsp3) is 0.647. The summed E-state index contributed by atoms with van der Waals surface area (Å²) in [6.07, 6.45) is 4.97. The lowest BCUT2D eigenvalue weighted by molar-refractivity contribution is 0.0686. The van der Waals surface area contributed by atoms with Crippen LogP contribution in [0, 0.1) is 0 Å². The zero-order valence-electron chi connectivity index (χ0n) is 14.1. The van der Waals surface area contributed by atoms with Gasteiger partial charge in [-0.2, -0.15) is 4.98 Å². The molecule has 1 saturated heterocycles. The number of amides is 1. The second-order valence-electron chi connectivity index (χ2n) is 6.85. The van der Waals surface area contributed by atoms with Gasteiger partial charge >= 0.3 is 0 Å². The van der Waals surface area contributed by atoms with Gasteiger partial charge in [0.2, 0.25) is 11.7 Å². The molecule has 0 spiro atoms. The van der Waals surface area contributed by atoms with Crippen molar-refractivity contribution in [2.24, 2.45) is 0 Å². The minimum atomic E-state index is -0.141. The minimum Gasteiger partial charge on any atom is -0.351 e. The molecule has 4 rings (SSSR count). The Hall–Kier alpha value is -2.18. The predicted molar refractivity (Wildman–Crippen MR) is 84.5 cm³/mol. The highest BCUT2D eigenvalue weighted by Gasteiger charge is 2.37. The first-order chi connectivity index (χ1) is 11.7. The van der Waals surface area contributed by atoms with Gasteiger partial charge in [0.15, 0.2) is 5.82 Å². The number of carbonyl (C=O) groups excluding carboxylic acids is 1. The van der Waals surface area contributed by atoms with Gasteiger partial charge in [0.05, 0.1) is 11.7 Å². The summed E-state index contributed by atoms with van der Waals surface area (Å²) < 4.78 is 10.6. The SMILES string of the molecule is CC[C@@H](C)c1cc(C(=O)N2CCC[C@@H]2c2noc(C3CC3)n2)on1. The molecular weight excluding hydrogens is 308 g/mol. The highest BCUT2D eigenvalue weighted by atomic mass is 16.5. The normalized spacial score (nSPS) is 22.1. The van der Waals surface area contributed by atoms with Crippen molar-refractivity contribution in [3.8, 4) is 0 Å². The molecule has 2 aromatic heterocycles. The van der Waals surface area contributed by atoms with Gasteiger partial charge < -0.3 is 13.9 Å². The molecule has 0 N–H and O–H groups in total. The average Bonchev–Trinajstić information content (AvgIpc) is 3.04. The van der Waals surface area contributed by atoms with E-state index in [2.05, 4.69) is 29.1 Å². The maximum atomic E-state index is 12.8. The van der Waals surface area contributed by atoms with Gasteiger partial charge in [0, 0.05) is 24.4 Å². The van der Waals surface area contributed by atoms with Crippen molar-refractivity contribution in [3.05, 3.63) is 29.2 Å². The first-order valence-electron chi connectivity index (χ1n) is 8.78. The maximum Gasteiger partial charge on any atom is 0.293 e. The summed E-state index contributed by atoms with van der Waals surface area (Å²) >= 11 is 0. The van der Waals surface area contributed by atoms with E-state index in [1.165, 1.54) is 0 Å². The zero-order valence-corrected chi connectivity index (χ0v) is 14.1. The Balaban J connectivity index is 1.52. The number of likely N-dealkylation sites (tertiary alicyclic amines) is 1. The molecule has 1 amide bonds. The molecule has 7 heteroatoms. The van der Waals surface area contributed by atoms with Crippen LogP contribution in [0.3, 0.4) is 0 Å². The molecule has 0 radical (unpaired) electrons. The van der Waals surface area contributed by atoms with E-state index in [1.807, 2.05) is 0 Å². The quantitative estimate of drug-likeness (QED) is 0.835. The summed E-state index contributed by atoms with van der Waals surface area (Å²) in [6.45, 7) is 4.84. The molecule has 7 nitrogen and oxygen atoms in total. The van der Waals surface area contributed by atoms with Gasteiger partial charge in [-0.25, -0.2) is 0 Å². The van der Waals surface area contributed by atoms with E-state index < -0.39 is 0 Å². The molecule has 2 aliphatic rings. The van der Waals surface area contributed by atoms with Gasteiger partial charge in [0.25, 0.3) is 5.91 Å². The second-order valence-corrected chi connectivity index (χ2v) is 6.85. The van der Waals surface area contributed by atoms with Crippen LogP contribution in [0.1, 0.15) is 91.8 Å². The second kappa shape index (κ2) is 6.03. The average molecular weight is 330 g/mol. The number of hydrogen-bond donors (Lipinski definition) is 0. The summed E-state index contributed by atoms with van der Waals surface area (Å²) in [5.74, 6) is 2.18. The molecule has 2 aromatic rings. The van der Waals surface area contributed by atoms with Gasteiger partial charge in [-0.05, 0) is 32.1 Å². The molecule has 128 valence electrons. The first kappa shape index (κ1) is 15.4. The Kier molecular flexibility index (Phi) is 3.86. The largest absolute Gasteiger partial charge is 0.351 e. The molecule has 0 bridgehead atoms. The third-order valence-corrected chi connectivity index (χ3v) is 5.05. The van der Waals surface area contributed by atoms with Gasteiger partial charge in [0.1, 0.15) is 0 Å². The molecule has 1 aliphatic heterocycles. The highest BCUT2D eigenvalue weighted by molar-refractivity contribution is 5.92. The molecule has 3 heterocycles. The van der Waals surface area contributed by atoms with Crippen molar-refractivity contribution in [2.75, 3.05) is 6.54 Å². The van der Waals surface area contributed by atoms with Gasteiger partial charge in [-0.3, -0.25) is 4.79 Å². The molecule has 1 saturated carbocycles. The van der Waals surface area contributed by atoms with E-state index in [9.17, 15) is 4.79 Å². The summed E-state index contributed by atoms with van der Waals surface area (Å²) in [5.41, 5.74) is 0.826. The summed E-state index contributed by atoms with van der Waals surface area (Å²) in [4.78, 5) is 19.1. The molecule has 2 atom stereocenters. The van der Waals surface area contributed by atoms with Crippen LogP contribution in [0.15, 0.2) is 15.1 Å². The monoisotopic (exact) mass is 330 g/mol. The van der Waals surface area contributed by atoms with Gasteiger partial charge in [-0.15, -0.1) is 0 Å². The maximum absolute atomic E-state index is 12.8. The Labute approximate surface area is 140 Å². The van der Waals surface area contributed by atoms with Crippen molar-refractivity contribution in [3.63, 3.8) is 0 Å². The number of nitrogens with zero attached hydrogens (tertiary/aromatic N) is 4. The fourth-order valence-electron chi connectivity index (χ4n) is 3.13. The van der Waals surface area contributed by atoms with Crippen molar-refractivity contribution in [1.29, 1.82) is 0 Å². The van der Waals surface area contributed by atoms with Gasteiger partial charge in [-0.1, -0.05) is 24.2 Å². The molecular formula is C17H22N4O3. The summed E-state index contributed by atoms with van der Waals surface area (Å²) in [5, 5.41) is 8.15. The van der Waals surface area contributed by atoms with Crippen LogP contribution in [0.25, 0.3) is 0 Å². The van der Waals surface area contributed by atoms with Crippen molar-refractivity contribution in [1.82, 2.24) is 20.2 Å². The number of rotatable bonds is 5. The third-order valence-electron chi connectivity index (χ3n) is 5.05. The molecule has 24 heavy (non-hydrogen) atoms. The lowest BCUT2D eigenvalue weighted by atomic mass is 10.1. The van der Waals surface area contributed by atoms with Crippen molar-refractivity contribution < 1.29 is 13.8 Å². The number of hydrogen-bond acceptors (Lipinski definition) is 6. The van der Waals surface area contributed by atoms with Crippen LogP contribution < -0.4 is 0 Å². The van der Waals surface area contributed by atoms with Crippen LogP contribution >= 0.6 is 0 Å². The van der Waals surface area contributed by atoms with E-state index in [0.717, 1.165) is 37.8 Å². The zero-order chi connectivity index (χ0) is 16.7. The topological polar surface area (TPSA) is 85.3 Å². The van der Waals surface area contributed by atoms with E-state index in [-0.39, 0.29) is 17.9 Å². The Morgan fingerprint density at radius 1 is 1.33 bits per heavy atom. The Bertz CT molecular complexity index is 734. The van der Waals surface area contributed by atoms with Crippen molar-refractivity contribution in [2.45, 2.75) is 63.8 Å². The van der Waals surface area contributed by atoms with Crippen LogP contribution in [0.2, 0.25) is 0 Å². The standard InChI is InChI=1S/C17H22N4O3/c1-3-10(2)12-9-14(23-19-12)17(22)21-8-4-5-13(21)15-18-16(24-20-15)11-6-7-11/h9-11,13H,3-8H2,1-2H3/t10-,13-/m1/s1. The van der Waals surface area contributed by atoms with E-state index in [0.29, 0.717) is 29.9 Å². The number of carbonyl (C=O) groups is 1. The number of aromatic nitrogens is 3. The van der Waals surface area contributed by atoms with Crippen LogP contribution in [0.4, 0.5) is 0 Å². The molecule has 2 fully saturated rings. The van der Waals surface area contributed by atoms with E-state index >= 15 is 0 Å². The highest BCUT2D eigenvalue weighted by Crippen LogP contribution is 2.40. The predicted octanol–water partition coefficient (Wildman–Crippen LogP) is 3.43. The lowest BCUT2D eigenvalue weighted by Gasteiger charge is -2.20. The Morgan fingerprint density at radius 2 is 2.17 bits per heavy atom. The fourth-order valence-corrected chi connectivity index (χ4v) is 3.13. The van der Waals surface area contributed by atoms with Crippen LogP contribution in [-0.4, -0.2) is 32.6 Å². The smallest absolute Gasteiger partial charge is 0.293 e. The minimum absolute atomic E-state index is 0.133. The van der Waals surface area contributed by atoms with E-state index in [4.69, 9.17) is 9.05 Å². The van der Waals surface area contributed by atoms with Crippen LogP contribution in [0.5, 0.6) is 0 Å². The van der Waals surface area contributed by atoms with Crippen LogP contribution in [-0.2, 0) is 0 Å². The van der Waals surface area contributed by atoms with E-state index in [1.54, 1.807) is 11.0 Å². The third kappa shape index (κ3) is 2.72. The Morgan fingerprint density at radius 3 is 2.92 bits per heavy atom. The molecule has 0 unspecified atom stereocenters. The summed E-state index contributed by atoms with van der Waals surface area (Å²) in [6, 6.07) is 1.63. The lowest BCUT2D eigenvalue weighted by Crippen LogP contribution is -2.30. The van der Waals surface area contributed by atoms with Crippen molar-refractivity contribution >= 4 is 5.91 Å².